The molecule has 0 aromatic rings. The molecule has 0 aliphatic carbocycles. The average molecular weight is 211 g/mol. The standard InChI is InChI=1S/C12H21NO2/c14-9-11-3-1-5-13(7-11)8-12-4-2-6-15-10-12/h4,11,14H,1-3,5-10H2. The minimum Gasteiger partial charge on any atom is -0.396 e. The van der Waals surface area contributed by atoms with E-state index in [4.69, 9.17) is 9.84 Å². The normalized spacial score (nSPS) is 28.9. The van der Waals surface area contributed by atoms with Crippen LogP contribution in [-0.2, 0) is 4.74 Å². The van der Waals surface area contributed by atoms with Crippen molar-refractivity contribution >= 4 is 0 Å². The number of hydrogen-bond donors (Lipinski definition) is 1. The second-order valence-electron chi connectivity index (χ2n) is 4.63. The van der Waals surface area contributed by atoms with Crippen molar-refractivity contribution in [3.63, 3.8) is 0 Å². The van der Waals surface area contributed by atoms with E-state index in [0.29, 0.717) is 12.5 Å². The second-order valence-corrected chi connectivity index (χ2v) is 4.63. The first-order valence-corrected chi connectivity index (χ1v) is 5.97. The number of aliphatic hydroxyl groups excluding tert-OH is 1. The summed E-state index contributed by atoms with van der Waals surface area (Å²) in [4.78, 5) is 2.45. The number of aliphatic hydroxyl groups is 1. The Morgan fingerprint density at radius 1 is 1.53 bits per heavy atom. The maximum Gasteiger partial charge on any atom is 0.0689 e. The molecule has 0 amide bonds. The molecule has 2 rings (SSSR count). The number of piperidine rings is 1. The Morgan fingerprint density at radius 3 is 3.20 bits per heavy atom. The molecule has 1 N–H and O–H groups in total. The van der Waals surface area contributed by atoms with Gasteiger partial charge in [0.15, 0.2) is 0 Å². The van der Waals surface area contributed by atoms with E-state index in [-0.39, 0.29) is 0 Å². The summed E-state index contributed by atoms with van der Waals surface area (Å²) in [5, 5.41) is 9.15. The Hall–Kier alpha value is -0.380. The van der Waals surface area contributed by atoms with Gasteiger partial charge in [0.1, 0.15) is 0 Å². The van der Waals surface area contributed by atoms with E-state index < -0.39 is 0 Å². The first kappa shape index (κ1) is 11.1. The van der Waals surface area contributed by atoms with Gasteiger partial charge >= 0.3 is 0 Å². The molecule has 0 saturated carbocycles. The van der Waals surface area contributed by atoms with Gasteiger partial charge in [0, 0.05) is 19.7 Å². The van der Waals surface area contributed by atoms with Crippen molar-refractivity contribution in [3.8, 4) is 0 Å². The molecular weight excluding hydrogens is 190 g/mol. The van der Waals surface area contributed by atoms with E-state index in [9.17, 15) is 0 Å². The van der Waals surface area contributed by atoms with Crippen molar-refractivity contribution in [2.75, 3.05) is 39.5 Å². The zero-order valence-corrected chi connectivity index (χ0v) is 9.32. The molecule has 1 saturated heterocycles. The third kappa shape index (κ3) is 3.30. The Morgan fingerprint density at radius 2 is 2.47 bits per heavy atom. The van der Waals surface area contributed by atoms with E-state index in [1.54, 1.807) is 0 Å². The fourth-order valence-corrected chi connectivity index (χ4v) is 2.45. The lowest BCUT2D eigenvalue weighted by molar-refractivity contribution is 0.112. The summed E-state index contributed by atoms with van der Waals surface area (Å²) in [5.41, 5.74) is 1.42. The molecule has 15 heavy (non-hydrogen) atoms. The fourth-order valence-electron chi connectivity index (χ4n) is 2.45. The Bertz CT molecular complexity index is 228. The summed E-state index contributed by atoms with van der Waals surface area (Å²) in [6.45, 7) is 5.29. The number of hydrogen-bond acceptors (Lipinski definition) is 3. The number of ether oxygens (including phenoxy) is 1. The van der Waals surface area contributed by atoms with Crippen LogP contribution in [0.5, 0.6) is 0 Å². The van der Waals surface area contributed by atoms with Crippen molar-refractivity contribution in [1.82, 2.24) is 4.90 Å². The predicted octanol–water partition coefficient (Wildman–Crippen LogP) is 1.04. The third-order valence-electron chi connectivity index (χ3n) is 3.27. The van der Waals surface area contributed by atoms with Gasteiger partial charge in [-0.25, -0.2) is 0 Å². The van der Waals surface area contributed by atoms with Gasteiger partial charge in [-0.05, 0) is 37.3 Å². The second kappa shape index (κ2) is 5.64. The van der Waals surface area contributed by atoms with Gasteiger partial charge in [0.05, 0.1) is 13.2 Å². The van der Waals surface area contributed by atoms with E-state index >= 15 is 0 Å². The van der Waals surface area contributed by atoms with Crippen LogP contribution < -0.4 is 0 Å². The van der Waals surface area contributed by atoms with Gasteiger partial charge in [-0.2, -0.15) is 0 Å². The molecule has 2 aliphatic rings. The van der Waals surface area contributed by atoms with Crippen LogP contribution in [0.1, 0.15) is 19.3 Å². The molecule has 3 heteroatoms. The van der Waals surface area contributed by atoms with Gasteiger partial charge in [0.25, 0.3) is 0 Å². The molecule has 86 valence electrons. The molecule has 0 spiro atoms. The zero-order valence-electron chi connectivity index (χ0n) is 9.32. The molecule has 3 nitrogen and oxygen atoms in total. The summed E-state index contributed by atoms with van der Waals surface area (Å²) in [6, 6.07) is 0. The SMILES string of the molecule is OCC1CCCN(CC2=CCCOC2)C1. The van der Waals surface area contributed by atoms with Crippen LogP contribution in [0.2, 0.25) is 0 Å². The van der Waals surface area contributed by atoms with Gasteiger partial charge in [-0.1, -0.05) is 6.08 Å². The lowest BCUT2D eigenvalue weighted by atomic mass is 9.98. The molecule has 2 heterocycles. The smallest absolute Gasteiger partial charge is 0.0689 e. The number of likely N-dealkylation sites (tertiary alicyclic amines) is 1. The highest BCUT2D eigenvalue weighted by Gasteiger charge is 2.20. The number of rotatable bonds is 3. The zero-order chi connectivity index (χ0) is 10.5. The van der Waals surface area contributed by atoms with E-state index in [2.05, 4.69) is 11.0 Å². The van der Waals surface area contributed by atoms with Gasteiger partial charge in [-0.15, -0.1) is 0 Å². The van der Waals surface area contributed by atoms with Crippen molar-refractivity contribution in [3.05, 3.63) is 11.6 Å². The summed E-state index contributed by atoms with van der Waals surface area (Å²) in [7, 11) is 0. The van der Waals surface area contributed by atoms with E-state index in [1.807, 2.05) is 0 Å². The lowest BCUT2D eigenvalue weighted by Crippen LogP contribution is -2.38. The number of nitrogens with zero attached hydrogens (tertiary/aromatic N) is 1. The molecule has 0 aromatic heterocycles. The van der Waals surface area contributed by atoms with Crippen LogP contribution in [0, 0.1) is 5.92 Å². The molecular formula is C12H21NO2. The van der Waals surface area contributed by atoms with Crippen molar-refractivity contribution in [2.45, 2.75) is 19.3 Å². The Kier molecular flexibility index (Phi) is 4.18. The molecule has 0 aromatic carbocycles. The van der Waals surface area contributed by atoms with Crippen molar-refractivity contribution in [1.29, 1.82) is 0 Å². The highest BCUT2D eigenvalue weighted by molar-refractivity contribution is 5.07. The third-order valence-corrected chi connectivity index (χ3v) is 3.27. The topological polar surface area (TPSA) is 32.7 Å². The Balaban J connectivity index is 1.80. The highest BCUT2D eigenvalue weighted by Crippen LogP contribution is 2.17. The van der Waals surface area contributed by atoms with Crippen LogP contribution in [0.25, 0.3) is 0 Å². The maximum absolute atomic E-state index is 9.15. The predicted molar refractivity (Wildman–Crippen MR) is 59.8 cm³/mol. The monoisotopic (exact) mass is 211 g/mol. The van der Waals surface area contributed by atoms with Crippen LogP contribution in [0.4, 0.5) is 0 Å². The average Bonchev–Trinajstić information content (AvgIpc) is 2.31. The lowest BCUT2D eigenvalue weighted by Gasteiger charge is -2.32. The van der Waals surface area contributed by atoms with Crippen molar-refractivity contribution < 1.29 is 9.84 Å². The maximum atomic E-state index is 9.15. The van der Waals surface area contributed by atoms with Crippen LogP contribution >= 0.6 is 0 Å². The quantitative estimate of drug-likeness (QED) is 0.708. The molecule has 1 fully saturated rings. The van der Waals surface area contributed by atoms with Gasteiger partial charge < -0.3 is 9.84 Å². The van der Waals surface area contributed by atoms with Crippen LogP contribution in [-0.4, -0.2) is 49.5 Å². The minimum atomic E-state index is 0.339. The molecule has 1 atom stereocenters. The Labute approximate surface area is 91.7 Å². The molecule has 0 bridgehead atoms. The van der Waals surface area contributed by atoms with Gasteiger partial charge in [0.2, 0.25) is 0 Å². The summed E-state index contributed by atoms with van der Waals surface area (Å²) in [5.74, 6) is 0.490. The summed E-state index contributed by atoms with van der Waals surface area (Å²) < 4.78 is 5.43. The largest absolute Gasteiger partial charge is 0.396 e. The summed E-state index contributed by atoms with van der Waals surface area (Å²) in [6.07, 6.45) is 5.78. The fraction of sp³-hybridized carbons (Fsp3) is 0.833. The minimum absolute atomic E-state index is 0.339. The van der Waals surface area contributed by atoms with E-state index in [1.165, 1.54) is 25.0 Å². The molecule has 1 unspecified atom stereocenters. The molecule has 2 aliphatic heterocycles. The highest BCUT2D eigenvalue weighted by atomic mass is 16.5. The van der Waals surface area contributed by atoms with Gasteiger partial charge in [-0.3, -0.25) is 4.90 Å². The first-order valence-electron chi connectivity index (χ1n) is 5.97. The molecule has 0 radical (unpaired) electrons. The van der Waals surface area contributed by atoms with Crippen LogP contribution in [0.15, 0.2) is 11.6 Å². The summed E-state index contributed by atoms with van der Waals surface area (Å²) >= 11 is 0. The van der Waals surface area contributed by atoms with Crippen molar-refractivity contribution in [2.24, 2.45) is 5.92 Å². The van der Waals surface area contributed by atoms with Crippen LogP contribution in [0.3, 0.4) is 0 Å². The van der Waals surface area contributed by atoms with E-state index in [0.717, 1.165) is 32.7 Å². The first-order chi connectivity index (χ1) is 7.38.